The van der Waals surface area contributed by atoms with E-state index in [1.165, 1.54) is 12.5 Å². The van der Waals surface area contributed by atoms with Crippen molar-refractivity contribution in [1.82, 2.24) is 37.2 Å². The van der Waals surface area contributed by atoms with Crippen LogP contribution in [0.4, 0.5) is 0 Å². The SMILES string of the molecule is CC(O)CC(C)NC(C)(C)C[Si](C)(C)[N-][Si](C)(C)C.CC(O)CC(C)NC(C)C[Si](C)(C)[N-][Si](C)(C)C.CCCNC(C)CC(C)O.CNC(C)CC(C)NC.CNC(CC(O)C(C)(C)C)C(C)(C)C.CNC(CC(O)C(C)C)C(C)C.C[Si](C)(C)[N-][Si](C)(C)C.C[Si](C)(C)[N-][Si](C)(C)C.C[Si](C)(C)[N-][Si](C)(C)C.C[Si](C)(C)[N-][Si](C)(C)C.[CH3-].[CH3-].[CH3-].[CH3-].[CH3-].[CH3-].[Co+2].[Co+2].[Co+2].[Co+2].[Co+2].[Co+2]. The van der Waals surface area contributed by atoms with Gasteiger partial charge in [-0.1, -0.05) is 417 Å². The Morgan fingerprint density at radius 2 is 0.546 bits per heavy atom. The Bertz CT molecular complexity index is 2190. The Labute approximate surface area is 899 Å². The van der Waals surface area contributed by atoms with E-state index in [9.17, 15) is 20.4 Å². The molecular formula is C94H245Co6N13O5Si12. The van der Waals surface area contributed by atoms with Crippen LogP contribution in [-0.2, 0) is 101 Å². The molecule has 0 aromatic rings. The summed E-state index contributed by atoms with van der Waals surface area (Å²) >= 11 is 0. The summed E-state index contributed by atoms with van der Waals surface area (Å²) in [6, 6.07) is 6.00. The van der Waals surface area contributed by atoms with Crippen molar-refractivity contribution in [3.63, 3.8) is 0 Å². The molecule has 0 spiro atoms. The molecule has 0 saturated heterocycles. The second-order valence-corrected chi connectivity index (χ2v) is 106. The van der Waals surface area contributed by atoms with Crippen LogP contribution in [0, 0.1) is 67.2 Å². The van der Waals surface area contributed by atoms with Gasteiger partial charge in [-0.25, -0.2) is 0 Å². The molecule has 0 aromatic carbocycles. The number of nitrogens with one attached hydrogen (secondary N) is 7. The van der Waals surface area contributed by atoms with E-state index < -0.39 is 98.8 Å². The van der Waals surface area contributed by atoms with Gasteiger partial charge in [-0.3, -0.25) is 0 Å². The van der Waals surface area contributed by atoms with Crippen LogP contribution in [0.2, 0.25) is 235 Å². The summed E-state index contributed by atoms with van der Waals surface area (Å²) < 4.78 is 29.6. The number of aliphatic hydroxyl groups excluding tert-OH is 5. The van der Waals surface area contributed by atoms with Gasteiger partial charge in [-0.2, -0.15) is 0 Å². The molecule has 13 unspecified atom stereocenters. The molecule has 0 bridgehead atoms. The smallest absolute Gasteiger partial charge is 0.668 e. The minimum Gasteiger partial charge on any atom is -0.668 e. The first kappa shape index (κ1) is 190. The molecule has 0 rings (SSSR count). The number of hydrogen-bond acceptors (Lipinski definition) is 12. The third-order valence-corrected chi connectivity index (χ3v) is 51.7. The van der Waals surface area contributed by atoms with Gasteiger partial charge < -0.3 is 135 Å². The normalized spacial score (nSPS) is 15.0. The first-order valence-electron chi connectivity index (χ1n) is 46.2. The fraction of sp³-hybridized carbons (Fsp3) is 0.936. The summed E-state index contributed by atoms with van der Waals surface area (Å²) in [5, 5.41) is 70.9. The molecule has 18 nitrogen and oxygen atoms in total. The monoisotopic (exact) mass is 2330 g/mol. The molecule has 0 saturated carbocycles. The third-order valence-electron chi connectivity index (χ3n) is 16.7. The van der Waals surface area contributed by atoms with Crippen LogP contribution in [0.1, 0.15) is 197 Å². The minimum absolute atomic E-state index is 0. The van der Waals surface area contributed by atoms with Gasteiger partial charge in [0.25, 0.3) is 0 Å². The quantitative estimate of drug-likeness (QED) is 0.0201. The van der Waals surface area contributed by atoms with E-state index >= 15 is 0 Å². The Balaban J connectivity index is -0.0000000499. The van der Waals surface area contributed by atoms with Gasteiger partial charge in [0, 0.05) is 53.9 Å². The number of hydrogen-bond donors (Lipinski definition) is 12. The molecule has 0 fully saturated rings. The van der Waals surface area contributed by atoms with Crippen molar-refractivity contribution < 1.29 is 126 Å². The molecular weight excluding hydrogens is 2080 g/mol. The molecule has 0 aliphatic heterocycles. The first-order chi connectivity index (χ1) is 51.4. The molecule has 0 aliphatic rings. The van der Waals surface area contributed by atoms with Crippen molar-refractivity contribution in [2.45, 2.75) is 516 Å². The van der Waals surface area contributed by atoms with Crippen LogP contribution in [0.25, 0.3) is 27.9 Å². The molecule has 0 heterocycles. The zero-order valence-electron chi connectivity index (χ0n) is 99.7. The van der Waals surface area contributed by atoms with E-state index in [0.29, 0.717) is 60.2 Å². The van der Waals surface area contributed by atoms with Gasteiger partial charge in [0.1, 0.15) is 0 Å². The third kappa shape index (κ3) is 169. The summed E-state index contributed by atoms with van der Waals surface area (Å²) in [5.41, 5.74) is 0.258. The molecule has 13 atom stereocenters. The van der Waals surface area contributed by atoms with Gasteiger partial charge >= 0.3 is 101 Å². The zero-order chi connectivity index (χ0) is 97.4. The van der Waals surface area contributed by atoms with Crippen LogP contribution in [0.3, 0.4) is 0 Å². The molecule has 12 N–H and O–H groups in total. The van der Waals surface area contributed by atoms with Gasteiger partial charge in [-0.05, 0) is 172 Å². The Kier molecular flexibility index (Phi) is 130. The van der Waals surface area contributed by atoms with Crippen molar-refractivity contribution >= 4 is 98.8 Å². The second kappa shape index (κ2) is 89.1. The van der Waals surface area contributed by atoms with E-state index in [1.54, 1.807) is 0 Å². The van der Waals surface area contributed by atoms with Gasteiger partial charge in [0.15, 0.2) is 0 Å². The summed E-state index contributed by atoms with van der Waals surface area (Å²) in [6.07, 6.45) is 5.40. The second-order valence-electron chi connectivity index (χ2n) is 49.5. The van der Waals surface area contributed by atoms with E-state index in [4.69, 9.17) is 33.0 Å². The van der Waals surface area contributed by atoms with Gasteiger partial charge in [-0.15, -0.1) is 0 Å². The number of nitrogens with zero attached hydrogens (tertiary/aromatic N) is 6. The van der Waals surface area contributed by atoms with Crippen molar-refractivity contribution in [3.05, 3.63) is 72.4 Å². The fourth-order valence-corrected chi connectivity index (χ4v) is 65.9. The fourth-order valence-electron chi connectivity index (χ4n) is 14.7. The maximum atomic E-state index is 10.0. The largest absolute Gasteiger partial charge is 2.00 e. The summed E-state index contributed by atoms with van der Waals surface area (Å²) in [7, 11) is -6.55. The predicted octanol–water partition coefficient (Wildman–Crippen LogP) is 28.1. The Hall–Kier alpha value is 4.92. The average Bonchev–Trinajstić information content (AvgIpc) is 0.844. The maximum Gasteiger partial charge on any atom is 2.00 e. The van der Waals surface area contributed by atoms with Crippen molar-refractivity contribution in [1.29, 1.82) is 0 Å². The number of aliphatic hydroxyl groups is 5. The minimum atomic E-state index is -1.52. The molecule has 0 amide bonds. The molecule has 818 valence electrons. The van der Waals surface area contributed by atoms with Crippen LogP contribution >= 0.6 is 0 Å². The molecule has 0 aromatic heterocycles. The van der Waals surface area contributed by atoms with E-state index in [2.05, 4.69) is 391 Å². The standard InChI is InChI=1S/C14H35N2OSi2.C13H33N2OSi2.C12H27NO.C10H23NO.C8H19NO.C7H18N2.4C6H18NSi2.6CH3.6Co/c1-12(10-13(2)17)15-14(3,4)11-19(8,9)16-18(5,6)7;1-11(9-13(3)16)14-12(2)10-18(7,8)15-17(4,5)6;1-11(2,3)9(13-7)8-10(14)12(4,5)6;1-7(2)9(11-5)6-10(12)8(3)4;1-4-5-9-7(2)6-8(3)10;1-6(8-3)5-7(2)9-4;4*1-8(2,3)7-9(4,5)6;;;;;;;;;;;;/h12-13,15,17H,10-11H2,1-9H3;11-14,16H,9-10H2,1-8H3;9-10,13-14H,8H2,1-7H3;7-12H,6H2,1-5H3;7-10H,4-6H2,1-3H3;6-9H,5H2,1-4H3;4*1-6H3;6*1H3;;;;;;/q2*-1;;;;;10*-1;6*+2. The average molecular weight is 2330 g/mol. The van der Waals surface area contributed by atoms with Crippen LogP contribution < -0.4 is 37.2 Å². The Morgan fingerprint density at radius 3 is 0.746 bits per heavy atom. The summed E-state index contributed by atoms with van der Waals surface area (Å²) in [5.74, 6) is 0.947. The van der Waals surface area contributed by atoms with Gasteiger partial charge in [0.05, 0.1) is 30.5 Å². The van der Waals surface area contributed by atoms with E-state index in [-0.39, 0.29) is 192 Å². The summed E-state index contributed by atoms with van der Waals surface area (Å²) in [4.78, 5) is 0. The predicted molar refractivity (Wildman–Crippen MR) is 619 cm³/mol. The van der Waals surface area contributed by atoms with Crippen molar-refractivity contribution in [2.75, 3.05) is 34.7 Å². The van der Waals surface area contributed by atoms with Gasteiger partial charge in [0.2, 0.25) is 0 Å². The summed E-state index contributed by atoms with van der Waals surface area (Å²) in [6.45, 7) is 126. The number of rotatable bonds is 41. The molecule has 36 heteroatoms. The molecule has 6 radical (unpaired) electrons. The maximum absolute atomic E-state index is 10.0. The van der Waals surface area contributed by atoms with Crippen LogP contribution in [0.5, 0.6) is 0 Å². The van der Waals surface area contributed by atoms with Crippen LogP contribution in [0.15, 0.2) is 0 Å². The van der Waals surface area contributed by atoms with E-state index in [0.717, 1.165) is 51.1 Å². The van der Waals surface area contributed by atoms with Crippen molar-refractivity contribution in [3.8, 4) is 0 Å². The van der Waals surface area contributed by atoms with Crippen LogP contribution in [-0.4, -0.2) is 243 Å². The van der Waals surface area contributed by atoms with E-state index in [1.807, 2.05) is 49.0 Å². The Morgan fingerprint density at radius 1 is 0.285 bits per heavy atom. The molecule has 130 heavy (non-hydrogen) atoms. The molecule has 0 aliphatic carbocycles. The first-order valence-corrected chi connectivity index (χ1v) is 87.0. The zero-order valence-corrected chi connectivity index (χ0v) is 118. The topological polar surface area (TPSA) is 270 Å². The van der Waals surface area contributed by atoms with Crippen molar-refractivity contribution in [2.24, 2.45) is 22.7 Å².